The van der Waals surface area contributed by atoms with Gasteiger partial charge in [0, 0.05) is 13.1 Å². The molecule has 1 amide bonds. The van der Waals surface area contributed by atoms with E-state index in [1.165, 1.54) is 6.20 Å². The van der Waals surface area contributed by atoms with Gasteiger partial charge in [-0.2, -0.15) is 0 Å². The first-order chi connectivity index (χ1) is 9.34. The van der Waals surface area contributed by atoms with E-state index in [4.69, 9.17) is 0 Å². The molecule has 0 aliphatic heterocycles. The van der Waals surface area contributed by atoms with Gasteiger partial charge in [0.15, 0.2) is 0 Å². The molecule has 0 radical (unpaired) electrons. The minimum absolute atomic E-state index is 0.170. The molecule has 1 aromatic rings. The van der Waals surface area contributed by atoms with Gasteiger partial charge < -0.3 is 10.6 Å². The number of hydrogen-bond donors (Lipinski definition) is 2. The van der Waals surface area contributed by atoms with Gasteiger partial charge in [0.05, 0.1) is 12.4 Å². The molecular formula is C15H26N4O. The van der Waals surface area contributed by atoms with Gasteiger partial charge in [-0.3, -0.25) is 9.78 Å². The minimum atomic E-state index is -0.172. The van der Waals surface area contributed by atoms with E-state index in [0.717, 1.165) is 13.0 Å². The van der Waals surface area contributed by atoms with E-state index >= 15 is 0 Å². The van der Waals surface area contributed by atoms with Crippen LogP contribution in [0.5, 0.6) is 0 Å². The molecule has 5 heteroatoms. The van der Waals surface area contributed by atoms with Gasteiger partial charge in [-0.1, -0.05) is 34.6 Å². The molecule has 0 bridgehead atoms. The average molecular weight is 278 g/mol. The number of hydrogen-bond acceptors (Lipinski definition) is 4. The average Bonchev–Trinajstić information content (AvgIpc) is 2.41. The lowest BCUT2D eigenvalue weighted by atomic mass is 9.82. The molecule has 112 valence electrons. The number of nitrogens with zero attached hydrogens (tertiary/aromatic N) is 2. The number of anilines is 1. The zero-order valence-corrected chi connectivity index (χ0v) is 13.2. The van der Waals surface area contributed by atoms with Crippen molar-refractivity contribution in [3.8, 4) is 0 Å². The summed E-state index contributed by atoms with van der Waals surface area (Å²) in [6.07, 6.45) is 4.12. The van der Waals surface area contributed by atoms with Crippen LogP contribution in [0, 0.1) is 11.3 Å². The van der Waals surface area contributed by atoms with Gasteiger partial charge in [-0.25, -0.2) is 4.98 Å². The Kier molecular flexibility index (Phi) is 5.92. The summed E-state index contributed by atoms with van der Waals surface area (Å²) in [6.45, 7) is 12.2. The number of carbonyl (C=O) groups is 1. The molecule has 0 aliphatic carbocycles. The van der Waals surface area contributed by atoms with Crippen LogP contribution < -0.4 is 10.6 Å². The van der Waals surface area contributed by atoms with E-state index in [1.54, 1.807) is 6.20 Å². The molecule has 0 saturated heterocycles. The van der Waals surface area contributed by atoms with Crippen LogP contribution in [0.15, 0.2) is 12.4 Å². The second kappa shape index (κ2) is 7.22. The van der Waals surface area contributed by atoms with E-state index in [9.17, 15) is 4.79 Å². The topological polar surface area (TPSA) is 66.9 Å². The van der Waals surface area contributed by atoms with E-state index in [0.29, 0.717) is 24.0 Å². The van der Waals surface area contributed by atoms with Crippen LogP contribution in [0.25, 0.3) is 0 Å². The lowest BCUT2D eigenvalue weighted by Crippen LogP contribution is -2.34. The lowest BCUT2D eigenvalue weighted by Gasteiger charge is -2.27. The zero-order chi connectivity index (χ0) is 15.2. The van der Waals surface area contributed by atoms with Crippen LogP contribution in [0.4, 0.5) is 5.82 Å². The maximum atomic E-state index is 12.1. The molecule has 1 rings (SSSR count). The number of rotatable bonds is 6. The molecule has 1 atom stereocenters. The maximum Gasteiger partial charge on any atom is 0.271 e. The quantitative estimate of drug-likeness (QED) is 0.839. The van der Waals surface area contributed by atoms with Crippen molar-refractivity contribution in [1.29, 1.82) is 0 Å². The van der Waals surface area contributed by atoms with Gasteiger partial charge in [-0.05, 0) is 17.8 Å². The molecule has 1 heterocycles. The summed E-state index contributed by atoms with van der Waals surface area (Å²) in [5, 5.41) is 6.04. The van der Waals surface area contributed by atoms with Crippen LogP contribution in [-0.4, -0.2) is 29.0 Å². The molecule has 0 aromatic carbocycles. The fraction of sp³-hybridized carbons (Fsp3) is 0.667. The Balaban J connectivity index is 2.59. The Morgan fingerprint density at radius 2 is 2.05 bits per heavy atom. The highest BCUT2D eigenvalue weighted by atomic mass is 16.1. The number of nitrogens with one attached hydrogen (secondary N) is 2. The monoisotopic (exact) mass is 278 g/mol. The molecule has 2 N–H and O–H groups in total. The van der Waals surface area contributed by atoms with E-state index in [-0.39, 0.29) is 11.3 Å². The highest BCUT2D eigenvalue weighted by Crippen LogP contribution is 2.24. The lowest BCUT2D eigenvalue weighted by molar-refractivity contribution is 0.0932. The van der Waals surface area contributed by atoms with Crippen molar-refractivity contribution in [2.75, 3.05) is 18.4 Å². The van der Waals surface area contributed by atoms with Gasteiger partial charge >= 0.3 is 0 Å². The Hall–Kier alpha value is -1.65. The molecule has 1 unspecified atom stereocenters. The predicted molar refractivity (Wildman–Crippen MR) is 81.8 cm³/mol. The summed E-state index contributed by atoms with van der Waals surface area (Å²) < 4.78 is 0. The van der Waals surface area contributed by atoms with Crippen LogP contribution in [-0.2, 0) is 0 Å². The van der Waals surface area contributed by atoms with Gasteiger partial charge in [0.2, 0.25) is 0 Å². The first kappa shape index (κ1) is 16.4. The molecule has 1 aromatic heterocycles. The normalized spacial score (nSPS) is 12.8. The largest absolute Gasteiger partial charge is 0.369 e. The van der Waals surface area contributed by atoms with Crippen molar-refractivity contribution in [1.82, 2.24) is 15.3 Å². The molecule has 0 spiro atoms. The van der Waals surface area contributed by atoms with E-state index < -0.39 is 0 Å². The minimum Gasteiger partial charge on any atom is -0.369 e. The standard InChI is InChI=1S/C15H26N4O/c1-6-7-17-13-10-16-9-12(19-13)14(20)18-8-11(2)15(3,4)5/h9-11H,6-8H2,1-5H3,(H,17,19)(H,18,20). The molecular weight excluding hydrogens is 252 g/mol. The first-order valence-electron chi connectivity index (χ1n) is 7.18. The van der Waals surface area contributed by atoms with Crippen LogP contribution >= 0.6 is 0 Å². The van der Waals surface area contributed by atoms with Crippen LogP contribution in [0.2, 0.25) is 0 Å². The van der Waals surface area contributed by atoms with Gasteiger partial charge in [-0.15, -0.1) is 0 Å². The van der Waals surface area contributed by atoms with Crippen molar-refractivity contribution in [3.05, 3.63) is 18.1 Å². The second-order valence-electron chi connectivity index (χ2n) is 6.19. The summed E-state index contributed by atoms with van der Waals surface area (Å²) in [6, 6.07) is 0. The summed E-state index contributed by atoms with van der Waals surface area (Å²) in [7, 11) is 0. The smallest absolute Gasteiger partial charge is 0.271 e. The first-order valence-corrected chi connectivity index (χ1v) is 7.18. The Morgan fingerprint density at radius 1 is 1.35 bits per heavy atom. The summed E-state index contributed by atoms with van der Waals surface area (Å²) in [5.41, 5.74) is 0.524. The molecule has 5 nitrogen and oxygen atoms in total. The Bertz CT molecular complexity index is 440. The number of amides is 1. The van der Waals surface area contributed by atoms with E-state index in [2.05, 4.69) is 55.2 Å². The van der Waals surface area contributed by atoms with Crippen molar-refractivity contribution >= 4 is 11.7 Å². The summed E-state index contributed by atoms with van der Waals surface area (Å²) in [4.78, 5) is 20.4. The molecule has 0 fully saturated rings. The van der Waals surface area contributed by atoms with E-state index in [1.807, 2.05) is 0 Å². The highest BCUT2D eigenvalue weighted by molar-refractivity contribution is 5.92. The van der Waals surface area contributed by atoms with Crippen molar-refractivity contribution in [2.45, 2.75) is 41.0 Å². The summed E-state index contributed by atoms with van der Waals surface area (Å²) >= 11 is 0. The fourth-order valence-corrected chi connectivity index (χ4v) is 1.46. The third-order valence-electron chi connectivity index (χ3n) is 3.47. The fourth-order valence-electron chi connectivity index (χ4n) is 1.46. The zero-order valence-electron chi connectivity index (χ0n) is 13.2. The van der Waals surface area contributed by atoms with Crippen molar-refractivity contribution in [3.63, 3.8) is 0 Å². The predicted octanol–water partition coefficient (Wildman–Crippen LogP) is 2.71. The van der Waals surface area contributed by atoms with Crippen LogP contribution in [0.1, 0.15) is 51.5 Å². The molecule has 20 heavy (non-hydrogen) atoms. The van der Waals surface area contributed by atoms with Crippen molar-refractivity contribution in [2.24, 2.45) is 11.3 Å². The third-order valence-corrected chi connectivity index (χ3v) is 3.47. The Morgan fingerprint density at radius 3 is 2.65 bits per heavy atom. The van der Waals surface area contributed by atoms with Gasteiger partial charge in [0.1, 0.15) is 11.5 Å². The highest BCUT2D eigenvalue weighted by Gasteiger charge is 2.20. The SMILES string of the molecule is CCCNc1cncc(C(=O)NCC(C)C(C)(C)C)n1. The second-order valence-corrected chi connectivity index (χ2v) is 6.19. The number of carbonyl (C=O) groups excluding carboxylic acids is 1. The molecule has 0 saturated carbocycles. The maximum absolute atomic E-state index is 12.1. The van der Waals surface area contributed by atoms with Crippen molar-refractivity contribution < 1.29 is 4.79 Å². The van der Waals surface area contributed by atoms with Gasteiger partial charge in [0.25, 0.3) is 5.91 Å². The molecule has 0 aliphatic rings. The summed E-state index contributed by atoms with van der Waals surface area (Å²) in [5.74, 6) is 0.859. The number of aromatic nitrogens is 2. The third kappa shape index (κ3) is 5.15. The Labute approximate surface area is 121 Å². The van der Waals surface area contributed by atoms with Crippen LogP contribution in [0.3, 0.4) is 0 Å².